The SMILES string of the molecule is CN1CCCC1CCOc1cccc(Cl)c1C(N)=S. The molecule has 2 N–H and O–H groups in total. The highest BCUT2D eigenvalue weighted by atomic mass is 35.5. The van der Waals surface area contributed by atoms with E-state index in [9.17, 15) is 0 Å². The molecule has 0 amide bonds. The van der Waals surface area contributed by atoms with Gasteiger partial charge in [0.25, 0.3) is 0 Å². The van der Waals surface area contributed by atoms with Crippen LogP contribution in [-0.2, 0) is 0 Å². The highest BCUT2D eigenvalue weighted by Gasteiger charge is 2.20. The Labute approximate surface area is 124 Å². The van der Waals surface area contributed by atoms with E-state index >= 15 is 0 Å². The normalized spacial score (nSPS) is 19.6. The Kier molecular flexibility index (Phi) is 5.02. The summed E-state index contributed by atoms with van der Waals surface area (Å²) in [6.07, 6.45) is 3.54. The predicted octanol–water partition coefficient (Wildman–Crippen LogP) is 2.84. The van der Waals surface area contributed by atoms with Gasteiger partial charge in [-0.1, -0.05) is 29.9 Å². The number of likely N-dealkylation sites (tertiary alicyclic amines) is 1. The van der Waals surface area contributed by atoms with E-state index in [-0.39, 0.29) is 4.99 Å². The van der Waals surface area contributed by atoms with Crippen LogP contribution in [0, 0.1) is 0 Å². The Balaban J connectivity index is 1.96. The van der Waals surface area contributed by atoms with E-state index in [1.54, 1.807) is 6.07 Å². The van der Waals surface area contributed by atoms with Crippen molar-refractivity contribution in [2.24, 2.45) is 5.73 Å². The molecule has 1 unspecified atom stereocenters. The zero-order valence-corrected chi connectivity index (χ0v) is 12.6. The minimum atomic E-state index is 0.276. The molecule has 0 radical (unpaired) electrons. The molecule has 2 rings (SSSR count). The number of hydrogen-bond donors (Lipinski definition) is 1. The van der Waals surface area contributed by atoms with Gasteiger partial charge in [-0.25, -0.2) is 0 Å². The van der Waals surface area contributed by atoms with Crippen LogP contribution in [0.2, 0.25) is 5.02 Å². The maximum absolute atomic E-state index is 6.10. The van der Waals surface area contributed by atoms with Crippen molar-refractivity contribution in [3.05, 3.63) is 28.8 Å². The van der Waals surface area contributed by atoms with Crippen LogP contribution in [0.1, 0.15) is 24.8 Å². The third-order valence-corrected chi connectivity index (χ3v) is 4.12. The second kappa shape index (κ2) is 6.55. The smallest absolute Gasteiger partial charge is 0.130 e. The van der Waals surface area contributed by atoms with Gasteiger partial charge in [0.2, 0.25) is 0 Å². The van der Waals surface area contributed by atoms with E-state index in [0.29, 0.717) is 29.0 Å². The average molecular weight is 299 g/mol. The van der Waals surface area contributed by atoms with E-state index in [0.717, 1.165) is 6.42 Å². The highest BCUT2D eigenvalue weighted by Crippen LogP contribution is 2.27. The van der Waals surface area contributed by atoms with Gasteiger partial charge in [-0.05, 0) is 45.0 Å². The van der Waals surface area contributed by atoms with Crippen molar-refractivity contribution in [2.75, 3.05) is 20.2 Å². The first-order chi connectivity index (χ1) is 9.09. The monoisotopic (exact) mass is 298 g/mol. The van der Waals surface area contributed by atoms with Gasteiger partial charge in [0.1, 0.15) is 10.7 Å². The second-order valence-electron chi connectivity index (χ2n) is 4.89. The van der Waals surface area contributed by atoms with Crippen molar-refractivity contribution in [3.63, 3.8) is 0 Å². The van der Waals surface area contributed by atoms with Crippen LogP contribution < -0.4 is 10.5 Å². The van der Waals surface area contributed by atoms with Gasteiger partial charge in [0, 0.05) is 6.04 Å². The van der Waals surface area contributed by atoms with Crippen LogP contribution in [0.5, 0.6) is 5.75 Å². The van der Waals surface area contributed by atoms with Crippen LogP contribution in [0.25, 0.3) is 0 Å². The number of ether oxygens (including phenoxy) is 1. The van der Waals surface area contributed by atoms with Gasteiger partial charge >= 0.3 is 0 Å². The Bertz CT molecular complexity index is 467. The Hall–Kier alpha value is -0.840. The number of thiocarbonyl (C=S) groups is 1. The molecule has 1 saturated heterocycles. The molecular weight excluding hydrogens is 280 g/mol. The molecule has 0 saturated carbocycles. The number of nitrogens with zero attached hydrogens (tertiary/aromatic N) is 1. The molecule has 0 aliphatic carbocycles. The van der Waals surface area contributed by atoms with E-state index in [2.05, 4.69) is 11.9 Å². The number of rotatable bonds is 5. The fourth-order valence-corrected chi connectivity index (χ4v) is 3.05. The standard InChI is InChI=1S/C14H19ClN2OS/c1-17-8-3-4-10(17)7-9-18-12-6-2-5-11(15)13(12)14(16)19/h2,5-6,10H,3-4,7-9H2,1H3,(H2,16,19). The molecule has 0 bridgehead atoms. The van der Waals surface area contributed by atoms with E-state index in [1.165, 1.54) is 19.4 Å². The first kappa shape index (κ1) is 14.6. The second-order valence-corrected chi connectivity index (χ2v) is 5.74. The van der Waals surface area contributed by atoms with Crippen LogP contribution in [0.15, 0.2) is 18.2 Å². The molecular formula is C14H19ClN2OS. The lowest BCUT2D eigenvalue weighted by molar-refractivity contribution is 0.233. The number of hydrogen-bond acceptors (Lipinski definition) is 3. The fraction of sp³-hybridized carbons (Fsp3) is 0.500. The summed E-state index contributed by atoms with van der Waals surface area (Å²) in [5.41, 5.74) is 6.33. The molecule has 1 heterocycles. The van der Waals surface area contributed by atoms with E-state index < -0.39 is 0 Å². The lowest BCUT2D eigenvalue weighted by atomic mass is 10.1. The molecule has 3 nitrogen and oxygen atoms in total. The van der Waals surface area contributed by atoms with E-state index in [1.807, 2.05) is 12.1 Å². The summed E-state index contributed by atoms with van der Waals surface area (Å²) in [6.45, 7) is 1.84. The number of benzene rings is 1. The fourth-order valence-electron chi connectivity index (χ4n) is 2.51. The summed E-state index contributed by atoms with van der Waals surface area (Å²) >= 11 is 11.1. The Morgan fingerprint density at radius 1 is 1.58 bits per heavy atom. The van der Waals surface area contributed by atoms with Crippen LogP contribution in [0.4, 0.5) is 0 Å². The molecule has 1 aliphatic rings. The maximum atomic E-state index is 6.10. The molecule has 1 aromatic carbocycles. The first-order valence-electron chi connectivity index (χ1n) is 6.51. The van der Waals surface area contributed by atoms with Crippen LogP contribution >= 0.6 is 23.8 Å². The van der Waals surface area contributed by atoms with Gasteiger partial charge in [0.05, 0.1) is 17.2 Å². The molecule has 0 spiro atoms. The maximum Gasteiger partial charge on any atom is 0.130 e. The molecule has 1 fully saturated rings. The van der Waals surface area contributed by atoms with Crippen molar-refractivity contribution in [1.82, 2.24) is 4.90 Å². The Morgan fingerprint density at radius 2 is 2.37 bits per heavy atom. The third kappa shape index (κ3) is 3.59. The molecule has 19 heavy (non-hydrogen) atoms. The lowest BCUT2D eigenvalue weighted by Gasteiger charge is -2.20. The first-order valence-corrected chi connectivity index (χ1v) is 7.29. The predicted molar refractivity (Wildman–Crippen MR) is 83.1 cm³/mol. The minimum absolute atomic E-state index is 0.276. The van der Waals surface area contributed by atoms with Gasteiger partial charge < -0.3 is 15.4 Å². The summed E-state index contributed by atoms with van der Waals surface area (Å²) in [7, 11) is 2.16. The zero-order chi connectivity index (χ0) is 13.8. The Morgan fingerprint density at radius 3 is 3.00 bits per heavy atom. The highest BCUT2D eigenvalue weighted by molar-refractivity contribution is 7.80. The summed E-state index contributed by atoms with van der Waals surface area (Å²) in [5, 5.41) is 0.544. The van der Waals surface area contributed by atoms with Crippen LogP contribution in [0.3, 0.4) is 0 Å². The topological polar surface area (TPSA) is 38.5 Å². The summed E-state index contributed by atoms with van der Waals surface area (Å²) < 4.78 is 5.81. The van der Waals surface area contributed by atoms with Crippen molar-refractivity contribution in [3.8, 4) is 5.75 Å². The van der Waals surface area contributed by atoms with Gasteiger partial charge in [0.15, 0.2) is 0 Å². The van der Waals surface area contributed by atoms with E-state index in [4.69, 9.17) is 34.3 Å². The number of nitrogens with two attached hydrogens (primary N) is 1. The largest absolute Gasteiger partial charge is 0.493 e. The van der Waals surface area contributed by atoms with Crippen molar-refractivity contribution in [2.45, 2.75) is 25.3 Å². The van der Waals surface area contributed by atoms with Crippen molar-refractivity contribution >= 4 is 28.8 Å². The zero-order valence-electron chi connectivity index (χ0n) is 11.1. The van der Waals surface area contributed by atoms with Crippen molar-refractivity contribution < 1.29 is 4.74 Å². The summed E-state index contributed by atoms with van der Waals surface area (Å²) in [4.78, 5) is 2.66. The minimum Gasteiger partial charge on any atom is -0.493 e. The quantitative estimate of drug-likeness (QED) is 0.849. The lowest BCUT2D eigenvalue weighted by Crippen LogP contribution is -2.26. The summed E-state index contributed by atoms with van der Waals surface area (Å²) in [5.74, 6) is 0.681. The molecule has 1 atom stereocenters. The molecule has 5 heteroatoms. The van der Waals surface area contributed by atoms with Gasteiger partial charge in [-0.2, -0.15) is 0 Å². The third-order valence-electron chi connectivity index (χ3n) is 3.60. The summed E-state index contributed by atoms with van der Waals surface area (Å²) in [6, 6.07) is 6.10. The van der Waals surface area contributed by atoms with Gasteiger partial charge in [-0.3, -0.25) is 0 Å². The molecule has 1 aromatic rings. The molecule has 104 valence electrons. The van der Waals surface area contributed by atoms with Crippen molar-refractivity contribution in [1.29, 1.82) is 0 Å². The molecule has 0 aromatic heterocycles. The van der Waals surface area contributed by atoms with Crippen LogP contribution in [-0.4, -0.2) is 36.1 Å². The average Bonchev–Trinajstić information content (AvgIpc) is 2.75. The number of halogens is 1. The molecule has 1 aliphatic heterocycles. The van der Waals surface area contributed by atoms with Gasteiger partial charge in [-0.15, -0.1) is 0 Å².